The first kappa shape index (κ1) is 16.6. The van der Waals surface area contributed by atoms with E-state index in [9.17, 15) is 4.79 Å². The van der Waals surface area contributed by atoms with Crippen LogP contribution in [0.15, 0.2) is 28.8 Å². The molecule has 0 atom stereocenters. The van der Waals surface area contributed by atoms with Gasteiger partial charge in [0.05, 0.1) is 0 Å². The van der Waals surface area contributed by atoms with E-state index in [0.29, 0.717) is 17.0 Å². The van der Waals surface area contributed by atoms with Crippen molar-refractivity contribution in [2.45, 2.75) is 46.0 Å². The SMILES string of the molecule is Cc1onc(C(C)(C)C)c1C(=O)Nc1cccc(N2CCCC2)c1. The highest BCUT2D eigenvalue weighted by Gasteiger charge is 2.29. The number of rotatable bonds is 3. The highest BCUT2D eigenvalue weighted by molar-refractivity contribution is 6.06. The Balaban J connectivity index is 1.83. The fraction of sp³-hybridized carbons (Fsp3) is 0.474. The Morgan fingerprint density at radius 2 is 1.96 bits per heavy atom. The van der Waals surface area contributed by atoms with Gasteiger partial charge in [0, 0.05) is 29.9 Å². The molecule has 3 rings (SSSR count). The lowest BCUT2D eigenvalue weighted by Crippen LogP contribution is -2.21. The van der Waals surface area contributed by atoms with Crippen molar-refractivity contribution in [3.8, 4) is 0 Å². The highest BCUT2D eigenvalue weighted by atomic mass is 16.5. The number of nitrogens with one attached hydrogen (secondary N) is 1. The van der Waals surface area contributed by atoms with Gasteiger partial charge in [-0.2, -0.15) is 0 Å². The molecule has 0 spiro atoms. The minimum absolute atomic E-state index is 0.169. The Morgan fingerprint density at radius 1 is 1.25 bits per heavy atom. The second-order valence-electron chi connectivity index (χ2n) is 7.41. The van der Waals surface area contributed by atoms with Crippen LogP contribution in [0.3, 0.4) is 0 Å². The summed E-state index contributed by atoms with van der Waals surface area (Å²) in [4.78, 5) is 15.1. The molecule has 0 bridgehead atoms. The van der Waals surface area contributed by atoms with Crippen LogP contribution in [0.25, 0.3) is 0 Å². The third-order valence-electron chi connectivity index (χ3n) is 4.38. The lowest BCUT2D eigenvalue weighted by molar-refractivity contribution is 0.102. The fourth-order valence-electron chi connectivity index (χ4n) is 3.10. The molecule has 5 heteroatoms. The number of anilines is 2. The Bertz CT molecular complexity index is 737. The van der Waals surface area contributed by atoms with E-state index >= 15 is 0 Å². The van der Waals surface area contributed by atoms with E-state index in [1.807, 2.05) is 39.0 Å². The van der Waals surface area contributed by atoms with Crippen LogP contribution in [0.4, 0.5) is 11.4 Å². The van der Waals surface area contributed by atoms with Gasteiger partial charge in [-0.3, -0.25) is 4.79 Å². The van der Waals surface area contributed by atoms with E-state index < -0.39 is 0 Å². The van der Waals surface area contributed by atoms with Crippen molar-refractivity contribution in [3.63, 3.8) is 0 Å². The predicted octanol–water partition coefficient (Wildman–Crippen LogP) is 4.13. The average molecular weight is 327 g/mol. The monoisotopic (exact) mass is 327 g/mol. The molecule has 0 aliphatic carbocycles. The van der Waals surface area contributed by atoms with Crippen LogP contribution in [0.2, 0.25) is 0 Å². The maximum absolute atomic E-state index is 12.8. The van der Waals surface area contributed by atoms with Crippen LogP contribution in [-0.4, -0.2) is 24.2 Å². The molecule has 1 aromatic carbocycles. The van der Waals surface area contributed by atoms with E-state index in [0.717, 1.165) is 24.5 Å². The van der Waals surface area contributed by atoms with Gasteiger partial charge in [0.15, 0.2) is 0 Å². The molecule has 5 nitrogen and oxygen atoms in total. The molecule has 0 unspecified atom stereocenters. The molecule has 1 aliphatic heterocycles. The first-order valence-corrected chi connectivity index (χ1v) is 8.49. The van der Waals surface area contributed by atoms with Crippen LogP contribution in [0.5, 0.6) is 0 Å². The van der Waals surface area contributed by atoms with Gasteiger partial charge in [0.2, 0.25) is 0 Å². The summed E-state index contributed by atoms with van der Waals surface area (Å²) in [6.07, 6.45) is 2.46. The molecule has 1 aromatic heterocycles. The molecule has 1 fully saturated rings. The van der Waals surface area contributed by atoms with Gasteiger partial charge < -0.3 is 14.7 Å². The Labute approximate surface area is 143 Å². The number of carbonyl (C=O) groups excluding carboxylic acids is 1. The number of amides is 1. The van der Waals surface area contributed by atoms with Crippen LogP contribution >= 0.6 is 0 Å². The minimum Gasteiger partial charge on any atom is -0.371 e. The van der Waals surface area contributed by atoms with Gasteiger partial charge >= 0.3 is 0 Å². The summed E-state index contributed by atoms with van der Waals surface area (Å²) in [6, 6.07) is 8.01. The van der Waals surface area contributed by atoms with Gasteiger partial charge in [0.1, 0.15) is 17.0 Å². The molecule has 1 aliphatic rings. The Hall–Kier alpha value is -2.30. The number of hydrogen-bond donors (Lipinski definition) is 1. The quantitative estimate of drug-likeness (QED) is 0.921. The van der Waals surface area contributed by atoms with E-state index in [1.165, 1.54) is 12.8 Å². The molecule has 2 heterocycles. The summed E-state index contributed by atoms with van der Waals surface area (Å²) >= 11 is 0. The Morgan fingerprint density at radius 3 is 2.62 bits per heavy atom. The summed E-state index contributed by atoms with van der Waals surface area (Å²) in [5.41, 5.74) is 2.93. The molecule has 1 amide bonds. The average Bonchev–Trinajstić information content (AvgIpc) is 3.16. The van der Waals surface area contributed by atoms with Crippen molar-refractivity contribution in [1.82, 2.24) is 5.16 Å². The van der Waals surface area contributed by atoms with E-state index in [2.05, 4.69) is 21.4 Å². The molecule has 1 N–H and O–H groups in total. The minimum atomic E-state index is -0.248. The number of aromatic nitrogens is 1. The standard InChI is InChI=1S/C19H25N3O2/c1-13-16(17(21-24-13)19(2,3)4)18(23)20-14-8-7-9-15(12-14)22-10-5-6-11-22/h7-9,12H,5-6,10-11H2,1-4H3,(H,20,23). The third-order valence-corrected chi connectivity index (χ3v) is 4.38. The van der Waals surface area contributed by atoms with Crippen molar-refractivity contribution in [1.29, 1.82) is 0 Å². The smallest absolute Gasteiger partial charge is 0.261 e. The normalized spacial score (nSPS) is 14.9. The van der Waals surface area contributed by atoms with Gasteiger partial charge in [-0.1, -0.05) is 32.0 Å². The molecule has 1 saturated heterocycles. The van der Waals surface area contributed by atoms with Gasteiger partial charge in [-0.15, -0.1) is 0 Å². The first-order chi connectivity index (χ1) is 11.4. The zero-order valence-corrected chi connectivity index (χ0v) is 14.8. The molecular formula is C19H25N3O2. The van der Waals surface area contributed by atoms with Gasteiger partial charge in [0.25, 0.3) is 5.91 Å². The predicted molar refractivity (Wildman–Crippen MR) is 95.8 cm³/mol. The number of hydrogen-bond acceptors (Lipinski definition) is 4. The molecular weight excluding hydrogens is 302 g/mol. The van der Waals surface area contributed by atoms with Crippen LogP contribution < -0.4 is 10.2 Å². The molecule has 2 aromatic rings. The summed E-state index contributed by atoms with van der Waals surface area (Å²) in [7, 11) is 0. The zero-order chi connectivity index (χ0) is 17.3. The van der Waals surface area contributed by atoms with Gasteiger partial charge in [-0.25, -0.2) is 0 Å². The Kier molecular flexibility index (Phi) is 4.35. The number of carbonyl (C=O) groups is 1. The summed E-state index contributed by atoms with van der Waals surface area (Å²) < 4.78 is 5.27. The van der Waals surface area contributed by atoms with E-state index in [1.54, 1.807) is 6.92 Å². The van der Waals surface area contributed by atoms with Crippen molar-refractivity contribution in [2.75, 3.05) is 23.3 Å². The van der Waals surface area contributed by atoms with Crippen molar-refractivity contribution < 1.29 is 9.32 Å². The largest absolute Gasteiger partial charge is 0.371 e. The maximum Gasteiger partial charge on any atom is 0.261 e. The third kappa shape index (κ3) is 3.30. The van der Waals surface area contributed by atoms with Crippen molar-refractivity contribution >= 4 is 17.3 Å². The molecule has 24 heavy (non-hydrogen) atoms. The van der Waals surface area contributed by atoms with Crippen molar-refractivity contribution in [3.05, 3.63) is 41.3 Å². The lowest BCUT2D eigenvalue weighted by Gasteiger charge is -2.19. The summed E-state index contributed by atoms with van der Waals surface area (Å²) in [6.45, 7) is 10.0. The zero-order valence-electron chi connectivity index (χ0n) is 14.8. The molecule has 0 saturated carbocycles. The molecule has 0 radical (unpaired) electrons. The fourth-order valence-corrected chi connectivity index (χ4v) is 3.10. The topological polar surface area (TPSA) is 58.4 Å². The summed E-state index contributed by atoms with van der Waals surface area (Å²) in [5.74, 6) is 0.380. The van der Waals surface area contributed by atoms with E-state index in [-0.39, 0.29) is 11.3 Å². The molecule has 128 valence electrons. The van der Waals surface area contributed by atoms with Crippen LogP contribution in [0, 0.1) is 6.92 Å². The van der Waals surface area contributed by atoms with Crippen LogP contribution in [-0.2, 0) is 5.41 Å². The maximum atomic E-state index is 12.8. The highest BCUT2D eigenvalue weighted by Crippen LogP contribution is 2.28. The number of nitrogens with zero attached hydrogens (tertiary/aromatic N) is 2. The second-order valence-corrected chi connectivity index (χ2v) is 7.41. The van der Waals surface area contributed by atoms with E-state index in [4.69, 9.17) is 4.52 Å². The lowest BCUT2D eigenvalue weighted by atomic mass is 9.88. The van der Waals surface area contributed by atoms with Crippen molar-refractivity contribution in [2.24, 2.45) is 0 Å². The first-order valence-electron chi connectivity index (χ1n) is 8.49. The summed E-state index contributed by atoms with van der Waals surface area (Å²) in [5, 5.41) is 7.08. The van der Waals surface area contributed by atoms with Gasteiger partial charge in [-0.05, 0) is 38.0 Å². The number of aryl methyl sites for hydroxylation is 1. The second kappa shape index (κ2) is 6.30. The number of benzene rings is 1. The van der Waals surface area contributed by atoms with Crippen LogP contribution in [0.1, 0.15) is 55.4 Å².